The summed E-state index contributed by atoms with van der Waals surface area (Å²) in [5, 5.41) is 3.67. The maximum atomic E-state index is 13.1. The molecule has 0 spiro atoms. The van der Waals surface area contributed by atoms with Crippen molar-refractivity contribution in [1.82, 2.24) is 10.3 Å². The molecule has 0 aliphatic rings. The predicted octanol–water partition coefficient (Wildman–Crippen LogP) is 5.99. The summed E-state index contributed by atoms with van der Waals surface area (Å²) in [5.41, 5.74) is 1.03. The molecule has 3 rings (SSSR count). The second-order valence-electron chi connectivity index (χ2n) is 7.44. The van der Waals surface area contributed by atoms with Gasteiger partial charge in [0.1, 0.15) is 11.5 Å². The van der Waals surface area contributed by atoms with Gasteiger partial charge in [-0.2, -0.15) is 13.2 Å². The van der Waals surface area contributed by atoms with Crippen molar-refractivity contribution in [3.8, 4) is 22.6 Å². The van der Waals surface area contributed by atoms with E-state index in [1.54, 1.807) is 26.1 Å². The molecule has 1 N–H and O–H groups in total. The average molecular weight is 513 g/mol. The molecule has 0 amide bonds. The molecule has 11 heteroatoms. The van der Waals surface area contributed by atoms with Crippen molar-refractivity contribution in [2.75, 3.05) is 34.1 Å². The molecule has 0 saturated heterocycles. The molecular weight excluding hydrogens is 489 g/mol. The van der Waals surface area contributed by atoms with Crippen molar-refractivity contribution in [1.29, 1.82) is 0 Å². The van der Waals surface area contributed by atoms with Crippen LogP contribution in [-0.4, -0.2) is 45.2 Å². The topological polar surface area (TPSA) is 78.9 Å². The van der Waals surface area contributed by atoms with Gasteiger partial charge in [-0.15, -0.1) is 0 Å². The second kappa shape index (κ2) is 11.5. The fraction of sp³-hybridized carbons (Fsp3) is 0.333. The third kappa shape index (κ3) is 6.46. The first-order valence-electron chi connectivity index (χ1n) is 10.6. The summed E-state index contributed by atoms with van der Waals surface area (Å²) in [4.78, 5) is 16.4. The number of ether oxygens (including phenoxy) is 4. The average Bonchev–Trinajstić information content (AvgIpc) is 2.81. The number of fused-ring (bicyclic) bond motifs is 1. The van der Waals surface area contributed by atoms with E-state index in [0.717, 1.165) is 12.1 Å². The molecule has 1 aromatic heterocycles. The lowest BCUT2D eigenvalue weighted by molar-refractivity contribution is -0.137. The summed E-state index contributed by atoms with van der Waals surface area (Å²) in [7, 11) is 3.24. The molecule has 7 nitrogen and oxygen atoms in total. The van der Waals surface area contributed by atoms with E-state index in [-0.39, 0.29) is 17.4 Å². The Bertz CT molecular complexity index is 1190. The summed E-state index contributed by atoms with van der Waals surface area (Å²) in [6, 6.07) is 7.79. The quantitative estimate of drug-likeness (QED) is 0.214. The standard InChI is InChI=1S/C24H24ClF3N2O5/c1-14-21(15-5-7-16(8-6-15)24(26,27)28)22(34-13-35-23(31)33-10-4-9-29-2)17-11-18(25)20(32-3)12-19(17)30-14/h5-8,11-12,29H,4,9-10,13H2,1-3H3. The number of aryl methyl sites for hydroxylation is 1. The van der Waals surface area contributed by atoms with Gasteiger partial charge in [0.15, 0.2) is 0 Å². The molecule has 35 heavy (non-hydrogen) atoms. The molecule has 0 atom stereocenters. The molecule has 188 valence electrons. The molecule has 0 fully saturated rings. The van der Waals surface area contributed by atoms with Crippen molar-refractivity contribution in [2.24, 2.45) is 0 Å². The Morgan fingerprint density at radius 3 is 2.49 bits per heavy atom. The van der Waals surface area contributed by atoms with Crippen molar-refractivity contribution in [3.63, 3.8) is 0 Å². The molecule has 3 aromatic rings. The number of pyridine rings is 1. The van der Waals surface area contributed by atoms with Gasteiger partial charge in [-0.3, -0.25) is 4.98 Å². The monoisotopic (exact) mass is 512 g/mol. The normalized spacial score (nSPS) is 11.4. The number of alkyl halides is 3. The van der Waals surface area contributed by atoms with Gasteiger partial charge in [-0.25, -0.2) is 4.79 Å². The number of nitrogens with one attached hydrogen (secondary N) is 1. The lowest BCUT2D eigenvalue weighted by Gasteiger charge is -2.18. The number of hydrogen-bond donors (Lipinski definition) is 1. The summed E-state index contributed by atoms with van der Waals surface area (Å²) in [5.74, 6) is 0.625. The predicted molar refractivity (Wildman–Crippen MR) is 125 cm³/mol. The number of carbonyl (C=O) groups is 1. The van der Waals surface area contributed by atoms with Gasteiger partial charge >= 0.3 is 12.3 Å². The molecule has 0 aliphatic heterocycles. The third-order valence-electron chi connectivity index (χ3n) is 5.06. The minimum Gasteiger partial charge on any atom is -0.495 e. The van der Waals surface area contributed by atoms with E-state index in [4.69, 9.17) is 30.5 Å². The highest BCUT2D eigenvalue weighted by Gasteiger charge is 2.30. The number of carbonyl (C=O) groups excluding carboxylic acids is 1. The van der Waals surface area contributed by atoms with Gasteiger partial charge < -0.3 is 24.3 Å². The minimum absolute atomic E-state index is 0.170. The van der Waals surface area contributed by atoms with Crippen LogP contribution in [0.2, 0.25) is 5.02 Å². The maximum absolute atomic E-state index is 13.1. The van der Waals surface area contributed by atoms with Gasteiger partial charge in [0, 0.05) is 22.7 Å². The fourth-order valence-electron chi connectivity index (χ4n) is 3.41. The van der Waals surface area contributed by atoms with Gasteiger partial charge in [0.2, 0.25) is 6.79 Å². The number of methoxy groups -OCH3 is 1. The number of nitrogens with zero attached hydrogens (tertiary/aromatic N) is 1. The minimum atomic E-state index is -4.47. The van der Waals surface area contributed by atoms with Crippen LogP contribution in [0.5, 0.6) is 11.5 Å². The Morgan fingerprint density at radius 2 is 1.86 bits per heavy atom. The van der Waals surface area contributed by atoms with E-state index in [9.17, 15) is 18.0 Å². The Labute approximate surface area is 205 Å². The zero-order valence-corrected chi connectivity index (χ0v) is 20.0. The first kappa shape index (κ1) is 26.4. The summed E-state index contributed by atoms with van der Waals surface area (Å²) in [6.07, 6.45) is -4.77. The van der Waals surface area contributed by atoms with Gasteiger partial charge in [-0.05, 0) is 50.7 Å². The Morgan fingerprint density at radius 1 is 1.14 bits per heavy atom. The largest absolute Gasteiger partial charge is 0.511 e. The van der Waals surface area contributed by atoms with Crippen LogP contribution in [0.25, 0.3) is 22.0 Å². The van der Waals surface area contributed by atoms with E-state index in [1.807, 2.05) is 0 Å². The number of halogens is 4. The van der Waals surface area contributed by atoms with Gasteiger partial charge in [0.05, 0.1) is 29.8 Å². The fourth-order valence-corrected chi connectivity index (χ4v) is 3.65. The van der Waals surface area contributed by atoms with E-state index in [1.165, 1.54) is 19.2 Å². The van der Waals surface area contributed by atoms with E-state index in [2.05, 4.69) is 10.3 Å². The Balaban J connectivity index is 1.97. The van der Waals surface area contributed by atoms with Crippen LogP contribution in [0.3, 0.4) is 0 Å². The summed E-state index contributed by atoms with van der Waals surface area (Å²) in [6.45, 7) is 2.04. The molecule has 0 bridgehead atoms. The first-order valence-corrected chi connectivity index (χ1v) is 11.0. The van der Waals surface area contributed by atoms with Crippen molar-refractivity contribution >= 4 is 28.7 Å². The van der Waals surface area contributed by atoms with Crippen LogP contribution in [-0.2, 0) is 15.7 Å². The summed E-state index contributed by atoms with van der Waals surface area (Å²) < 4.78 is 60.2. The van der Waals surface area contributed by atoms with Crippen LogP contribution in [0.4, 0.5) is 18.0 Å². The molecule has 0 unspecified atom stereocenters. The van der Waals surface area contributed by atoms with Crippen LogP contribution < -0.4 is 14.8 Å². The zero-order chi connectivity index (χ0) is 25.6. The van der Waals surface area contributed by atoms with Crippen molar-refractivity contribution < 1.29 is 36.9 Å². The Hall–Kier alpha value is -3.24. The van der Waals surface area contributed by atoms with Crippen molar-refractivity contribution in [2.45, 2.75) is 19.5 Å². The van der Waals surface area contributed by atoms with Crippen molar-refractivity contribution in [3.05, 3.63) is 52.7 Å². The SMILES string of the molecule is CNCCCOC(=O)OCOc1c(-c2ccc(C(F)(F)F)cc2)c(C)nc2cc(OC)c(Cl)cc12. The number of benzene rings is 2. The molecule has 0 aliphatic carbocycles. The molecular formula is C24H24ClF3N2O5. The number of hydrogen-bond acceptors (Lipinski definition) is 7. The lowest BCUT2D eigenvalue weighted by atomic mass is 9.99. The van der Waals surface area contributed by atoms with Gasteiger partial charge in [-0.1, -0.05) is 23.7 Å². The first-order chi connectivity index (χ1) is 16.7. The molecule has 0 radical (unpaired) electrons. The third-order valence-corrected chi connectivity index (χ3v) is 5.36. The van der Waals surface area contributed by atoms with E-state index >= 15 is 0 Å². The highest BCUT2D eigenvalue weighted by molar-refractivity contribution is 6.33. The second-order valence-corrected chi connectivity index (χ2v) is 7.85. The summed E-state index contributed by atoms with van der Waals surface area (Å²) >= 11 is 6.31. The number of aromatic nitrogens is 1. The Kier molecular flexibility index (Phi) is 8.63. The van der Waals surface area contributed by atoms with Crippen LogP contribution >= 0.6 is 11.6 Å². The van der Waals surface area contributed by atoms with Crippen LogP contribution in [0, 0.1) is 6.92 Å². The molecule has 1 heterocycles. The van der Waals surface area contributed by atoms with Gasteiger partial charge in [0.25, 0.3) is 0 Å². The van der Waals surface area contributed by atoms with E-state index in [0.29, 0.717) is 46.4 Å². The smallest absolute Gasteiger partial charge is 0.495 e. The van der Waals surface area contributed by atoms with Crippen LogP contribution in [0.15, 0.2) is 36.4 Å². The van der Waals surface area contributed by atoms with Crippen LogP contribution in [0.1, 0.15) is 17.7 Å². The zero-order valence-electron chi connectivity index (χ0n) is 19.3. The molecule has 0 saturated carbocycles. The highest BCUT2D eigenvalue weighted by atomic mass is 35.5. The molecule has 2 aromatic carbocycles. The maximum Gasteiger partial charge on any atom is 0.511 e. The number of rotatable bonds is 9. The van der Waals surface area contributed by atoms with E-state index < -0.39 is 24.7 Å². The highest BCUT2D eigenvalue weighted by Crippen LogP contribution is 2.42. The lowest BCUT2D eigenvalue weighted by Crippen LogP contribution is -2.16.